The number of nitrogens with one attached hydrogen (secondary N) is 1. The highest BCUT2D eigenvalue weighted by Crippen LogP contribution is 2.35. The molecule has 0 aliphatic rings. The average molecular weight is 771 g/mol. The summed E-state index contributed by atoms with van der Waals surface area (Å²) in [6.07, 6.45) is -0.129. The Balaban J connectivity index is 2.66. The van der Waals surface area contributed by atoms with Crippen LogP contribution in [0.2, 0.25) is 0 Å². The highest BCUT2D eigenvalue weighted by molar-refractivity contribution is 7.94. The summed E-state index contributed by atoms with van der Waals surface area (Å²) in [5.41, 5.74) is -0.107. The molecule has 0 saturated carbocycles. The van der Waals surface area contributed by atoms with Gasteiger partial charge in [-0.1, -0.05) is 0 Å². The van der Waals surface area contributed by atoms with Gasteiger partial charge >= 0.3 is 11.9 Å². The van der Waals surface area contributed by atoms with Crippen molar-refractivity contribution in [2.45, 2.75) is 29.6 Å². The molecule has 272 valence electrons. The Hall–Kier alpha value is -4.03. The lowest BCUT2D eigenvalue weighted by molar-refractivity contribution is -0.140. The van der Waals surface area contributed by atoms with Gasteiger partial charge in [-0.3, -0.25) is 23.5 Å². The smallest absolute Gasteiger partial charge is 0.307 e. The van der Waals surface area contributed by atoms with Crippen molar-refractivity contribution in [3.63, 3.8) is 0 Å². The minimum atomic E-state index is -4.79. The zero-order valence-corrected chi connectivity index (χ0v) is 29.6. The van der Waals surface area contributed by atoms with E-state index in [1.807, 2.05) is 0 Å². The van der Waals surface area contributed by atoms with Crippen molar-refractivity contribution < 1.29 is 66.6 Å². The average Bonchev–Trinajstić information content (AvgIpc) is 3.01. The number of sulfone groups is 2. The van der Waals surface area contributed by atoms with Gasteiger partial charge in [-0.05, 0) is 36.4 Å². The van der Waals surface area contributed by atoms with Crippen LogP contribution in [0.1, 0.15) is 19.8 Å². The van der Waals surface area contributed by atoms with Crippen LogP contribution >= 0.6 is 0 Å². The zero-order valence-electron chi connectivity index (χ0n) is 26.3. The van der Waals surface area contributed by atoms with Crippen LogP contribution in [0.25, 0.3) is 0 Å². The van der Waals surface area contributed by atoms with E-state index in [4.69, 9.17) is 9.11 Å². The van der Waals surface area contributed by atoms with Crippen LogP contribution in [0.15, 0.2) is 56.4 Å². The molecule has 0 radical (unpaired) electrons. The van der Waals surface area contributed by atoms with Crippen LogP contribution in [0.4, 0.5) is 22.7 Å². The molecule has 2 aromatic rings. The lowest BCUT2D eigenvalue weighted by Gasteiger charge is -2.25. The normalized spacial score (nSPS) is 12.4. The second-order valence-electron chi connectivity index (χ2n) is 10.1. The summed E-state index contributed by atoms with van der Waals surface area (Å²) >= 11 is 0. The molecule has 19 nitrogen and oxygen atoms in total. The molecular formula is C26H34N4O15S4. The largest absolute Gasteiger partial charge is 0.469 e. The number of anilines is 2. The molecule has 0 atom stereocenters. The van der Waals surface area contributed by atoms with Gasteiger partial charge in [-0.15, -0.1) is 10.2 Å². The molecule has 0 heterocycles. The molecule has 0 saturated heterocycles. The maximum atomic E-state index is 13.2. The third-order valence-electron chi connectivity index (χ3n) is 6.39. The number of benzene rings is 2. The van der Waals surface area contributed by atoms with Crippen LogP contribution in [-0.2, 0) is 63.8 Å². The molecule has 2 rings (SSSR count). The number of esters is 2. The van der Waals surface area contributed by atoms with Crippen molar-refractivity contribution in [1.29, 1.82) is 0 Å². The first kappa shape index (κ1) is 41.1. The summed E-state index contributed by atoms with van der Waals surface area (Å²) in [5.74, 6) is -6.42. The van der Waals surface area contributed by atoms with E-state index in [0.717, 1.165) is 12.1 Å². The lowest BCUT2D eigenvalue weighted by atomic mass is 10.2. The Morgan fingerprint density at radius 2 is 1.20 bits per heavy atom. The first-order chi connectivity index (χ1) is 22.6. The minimum absolute atomic E-state index is 0.0371. The Morgan fingerprint density at radius 3 is 1.69 bits per heavy atom. The number of amides is 1. The fraction of sp³-hybridized carbons (Fsp3) is 0.423. The van der Waals surface area contributed by atoms with Crippen molar-refractivity contribution in [1.82, 2.24) is 0 Å². The fourth-order valence-electron chi connectivity index (χ4n) is 3.91. The van der Waals surface area contributed by atoms with E-state index in [-0.39, 0.29) is 37.3 Å². The molecule has 0 unspecified atom stereocenters. The van der Waals surface area contributed by atoms with Crippen LogP contribution < -0.4 is 10.2 Å². The fourth-order valence-corrected chi connectivity index (χ4v) is 9.19. The van der Waals surface area contributed by atoms with Crippen molar-refractivity contribution in [2.75, 3.05) is 60.5 Å². The van der Waals surface area contributed by atoms with Gasteiger partial charge in [0.15, 0.2) is 19.7 Å². The van der Waals surface area contributed by atoms with E-state index >= 15 is 0 Å². The summed E-state index contributed by atoms with van der Waals surface area (Å²) in [6.45, 7) is 1.36. The first-order valence-corrected chi connectivity index (χ1v) is 20.3. The number of rotatable bonds is 18. The quantitative estimate of drug-likeness (QED) is 0.109. The predicted octanol–water partition coefficient (Wildman–Crippen LogP) is 1.32. The minimum Gasteiger partial charge on any atom is -0.469 e. The molecule has 0 aromatic heterocycles. The topological polar surface area (TPSA) is 287 Å². The van der Waals surface area contributed by atoms with E-state index in [2.05, 4.69) is 25.0 Å². The second-order valence-corrected chi connectivity index (χ2v) is 17.4. The Morgan fingerprint density at radius 1 is 0.714 bits per heavy atom. The van der Waals surface area contributed by atoms with E-state index in [0.29, 0.717) is 11.8 Å². The molecule has 49 heavy (non-hydrogen) atoms. The molecule has 0 bridgehead atoms. The standard InChI is InChI=1S/C26H34N4O15S4/c1-18(31)27-23-16-19(30(10-8-25(32)44-2)11-9-26(33)45-3)4-6-21(23)28-29-22-7-5-20(46(34,35)12-14-48(38,39)40)17-24(22)47(36,37)13-15-49(41,42)43/h4-7,16-17H,8-15H2,1-3H3,(H,27,31)(H,38,39,40)(H,41,42,43)/b29-28+. The number of azo groups is 1. The number of hydrogen-bond acceptors (Lipinski definition) is 16. The SMILES string of the molecule is COC(=O)CCN(CCC(=O)OC)c1ccc(/N=N/c2ccc(S(=O)(=O)CCS(=O)(=O)O)cc2S(=O)(=O)CCS(=O)(=O)O)c(NC(C)=O)c1. The number of ether oxygens (including phenoxy) is 2. The van der Waals surface area contributed by atoms with E-state index in [1.165, 1.54) is 39.3 Å². The second kappa shape index (κ2) is 17.1. The molecule has 0 aliphatic carbocycles. The Labute approximate surface area is 283 Å². The molecule has 23 heteroatoms. The van der Waals surface area contributed by atoms with Crippen molar-refractivity contribution in [3.05, 3.63) is 36.4 Å². The molecule has 2 aromatic carbocycles. The third-order valence-corrected chi connectivity index (χ3v) is 11.8. The van der Waals surface area contributed by atoms with Crippen LogP contribution in [0.3, 0.4) is 0 Å². The lowest BCUT2D eigenvalue weighted by Crippen LogP contribution is -2.29. The van der Waals surface area contributed by atoms with Crippen LogP contribution in [-0.4, -0.2) is 111 Å². The summed E-state index contributed by atoms with van der Waals surface area (Å²) in [4.78, 5) is 35.7. The van der Waals surface area contributed by atoms with Gasteiger partial charge in [0.05, 0.1) is 65.6 Å². The molecule has 1 amide bonds. The zero-order chi connectivity index (χ0) is 37.2. The predicted molar refractivity (Wildman–Crippen MR) is 174 cm³/mol. The number of hydrogen-bond donors (Lipinski definition) is 3. The van der Waals surface area contributed by atoms with Crippen molar-refractivity contribution >= 4 is 80.5 Å². The van der Waals surface area contributed by atoms with Gasteiger partial charge in [0.1, 0.15) is 11.4 Å². The van der Waals surface area contributed by atoms with Gasteiger partial charge < -0.3 is 19.7 Å². The molecular weight excluding hydrogens is 737 g/mol. The van der Waals surface area contributed by atoms with E-state index in [1.54, 1.807) is 4.90 Å². The number of nitrogens with zero attached hydrogens (tertiary/aromatic N) is 3. The number of carbonyl (C=O) groups is 3. The van der Waals surface area contributed by atoms with Crippen molar-refractivity contribution in [2.24, 2.45) is 10.2 Å². The summed E-state index contributed by atoms with van der Waals surface area (Å²) < 4.78 is 124. The van der Waals surface area contributed by atoms with E-state index in [9.17, 15) is 48.1 Å². The van der Waals surface area contributed by atoms with Gasteiger partial charge in [0.2, 0.25) is 5.91 Å². The van der Waals surface area contributed by atoms with Crippen molar-refractivity contribution in [3.8, 4) is 0 Å². The van der Waals surface area contributed by atoms with Crippen LogP contribution in [0, 0.1) is 0 Å². The molecule has 0 aliphatic heterocycles. The number of methoxy groups -OCH3 is 2. The van der Waals surface area contributed by atoms with E-state index < -0.39 is 96.2 Å². The van der Waals surface area contributed by atoms with Gasteiger partial charge in [0, 0.05) is 25.7 Å². The maximum absolute atomic E-state index is 13.2. The Kier molecular flexibility index (Phi) is 14.3. The first-order valence-electron chi connectivity index (χ1n) is 13.8. The Bertz CT molecular complexity index is 2010. The van der Waals surface area contributed by atoms with Gasteiger partial charge in [-0.25, -0.2) is 16.8 Å². The monoisotopic (exact) mass is 770 g/mol. The van der Waals surface area contributed by atoms with Gasteiger partial charge in [-0.2, -0.15) is 16.8 Å². The highest BCUT2D eigenvalue weighted by Gasteiger charge is 2.26. The molecule has 0 spiro atoms. The maximum Gasteiger partial charge on any atom is 0.307 e. The number of carbonyl (C=O) groups excluding carboxylic acids is 3. The molecule has 0 fully saturated rings. The molecule has 3 N–H and O–H groups in total. The highest BCUT2D eigenvalue weighted by atomic mass is 32.2. The summed E-state index contributed by atoms with van der Waals surface area (Å²) in [5, 5.41) is 10.4. The summed E-state index contributed by atoms with van der Waals surface area (Å²) in [7, 11) is -16.3. The summed E-state index contributed by atoms with van der Waals surface area (Å²) in [6, 6.07) is 6.66. The van der Waals surface area contributed by atoms with Gasteiger partial charge in [0.25, 0.3) is 20.2 Å². The third kappa shape index (κ3) is 13.8. The van der Waals surface area contributed by atoms with Crippen LogP contribution in [0.5, 0.6) is 0 Å².